The number of aromatic hydroxyl groups is 3. The number of nitrogens with zero attached hydrogens (tertiary/aromatic N) is 2. The topological polar surface area (TPSA) is 172 Å². The first-order valence-corrected chi connectivity index (χ1v) is 8.33. The third-order valence-electron chi connectivity index (χ3n) is 3.47. The number of nitro benzene ring substituents is 1. The molecule has 0 unspecified atom stereocenters. The minimum absolute atomic E-state index is 0.108. The average Bonchev–Trinajstić information content (AvgIpc) is 3.04. The van der Waals surface area contributed by atoms with Crippen LogP contribution in [0.5, 0.6) is 17.2 Å². The van der Waals surface area contributed by atoms with Gasteiger partial charge in [0.2, 0.25) is 0 Å². The number of carbonyl (C=O) groups excluding carboxylic acids is 2. The maximum absolute atomic E-state index is 11.9. The summed E-state index contributed by atoms with van der Waals surface area (Å²) in [4.78, 5) is 38.1. The van der Waals surface area contributed by atoms with Gasteiger partial charge in [-0.2, -0.15) is 0 Å². The van der Waals surface area contributed by atoms with Crippen molar-refractivity contribution in [3.8, 4) is 17.2 Å². The fourth-order valence-corrected chi connectivity index (χ4v) is 3.09. The lowest BCUT2D eigenvalue weighted by Crippen LogP contribution is -2.20. The second-order valence-corrected chi connectivity index (χ2v) is 6.45. The van der Waals surface area contributed by atoms with E-state index in [4.69, 9.17) is 4.74 Å². The number of ether oxygens (including phenoxy) is 1. The number of fused-ring (bicyclic) bond motifs is 1. The highest BCUT2D eigenvalue weighted by atomic mass is 32.1. The van der Waals surface area contributed by atoms with Crippen LogP contribution in [-0.4, -0.2) is 43.7 Å². The van der Waals surface area contributed by atoms with E-state index in [1.54, 1.807) is 0 Å². The summed E-state index contributed by atoms with van der Waals surface area (Å²) in [5.41, 5.74) is 0.0780. The molecule has 0 bridgehead atoms. The molecule has 0 saturated heterocycles. The Bertz CT molecular complexity index is 1090. The summed E-state index contributed by atoms with van der Waals surface area (Å²) in [5.74, 6) is -3.96. The molecule has 11 nitrogen and oxygen atoms in total. The van der Waals surface area contributed by atoms with E-state index in [1.807, 2.05) is 0 Å². The van der Waals surface area contributed by atoms with Crippen molar-refractivity contribution in [2.45, 2.75) is 0 Å². The summed E-state index contributed by atoms with van der Waals surface area (Å²) in [6.45, 7) is -0.683. The van der Waals surface area contributed by atoms with Crippen LogP contribution in [0.2, 0.25) is 0 Å². The maximum atomic E-state index is 11.9. The Kier molecular flexibility index (Phi) is 4.96. The lowest BCUT2D eigenvalue weighted by Gasteiger charge is -2.06. The van der Waals surface area contributed by atoms with E-state index in [0.717, 1.165) is 23.5 Å². The van der Waals surface area contributed by atoms with Crippen molar-refractivity contribution in [2.24, 2.45) is 0 Å². The Morgan fingerprint density at radius 2 is 1.86 bits per heavy atom. The molecule has 0 aliphatic carbocycles. The van der Waals surface area contributed by atoms with Gasteiger partial charge >= 0.3 is 5.97 Å². The predicted octanol–water partition coefficient (Wildman–Crippen LogP) is 2.12. The average molecular weight is 405 g/mol. The van der Waals surface area contributed by atoms with Crippen molar-refractivity contribution in [3.63, 3.8) is 0 Å². The Hall–Kier alpha value is -3.93. The van der Waals surface area contributed by atoms with E-state index in [0.29, 0.717) is 10.2 Å². The van der Waals surface area contributed by atoms with Crippen LogP contribution in [0.4, 0.5) is 10.8 Å². The molecule has 0 atom stereocenters. The van der Waals surface area contributed by atoms with Crippen LogP contribution in [-0.2, 0) is 9.53 Å². The van der Waals surface area contributed by atoms with Crippen LogP contribution in [0.15, 0.2) is 30.3 Å². The molecule has 4 N–H and O–H groups in total. The lowest BCUT2D eigenvalue weighted by atomic mass is 10.2. The molecular weight excluding hydrogens is 394 g/mol. The van der Waals surface area contributed by atoms with E-state index in [1.165, 1.54) is 18.2 Å². The van der Waals surface area contributed by atoms with Gasteiger partial charge in [0.05, 0.1) is 20.7 Å². The number of carbonyl (C=O) groups is 2. The molecule has 28 heavy (non-hydrogen) atoms. The van der Waals surface area contributed by atoms with Gasteiger partial charge in [-0.3, -0.25) is 20.2 Å². The fraction of sp³-hybridized carbons (Fsp3) is 0.0625. The molecule has 3 rings (SSSR count). The molecule has 1 heterocycles. The minimum Gasteiger partial charge on any atom is -0.504 e. The molecule has 1 amide bonds. The van der Waals surface area contributed by atoms with Crippen molar-refractivity contribution in [1.82, 2.24) is 4.98 Å². The number of nitrogens with one attached hydrogen (secondary N) is 1. The smallest absolute Gasteiger partial charge is 0.338 e. The second-order valence-electron chi connectivity index (χ2n) is 5.42. The maximum Gasteiger partial charge on any atom is 0.338 e. The van der Waals surface area contributed by atoms with E-state index in [9.17, 15) is 35.0 Å². The van der Waals surface area contributed by atoms with Crippen molar-refractivity contribution in [1.29, 1.82) is 0 Å². The summed E-state index contributed by atoms with van der Waals surface area (Å²) in [7, 11) is 0. The second kappa shape index (κ2) is 7.36. The van der Waals surface area contributed by atoms with Gasteiger partial charge in [0, 0.05) is 12.1 Å². The van der Waals surface area contributed by atoms with Crippen molar-refractivity contribution in [3.05, 3.63) is 46.0 Å². The Morgan fingerprint density at radius 3 is 2.50 bits per heavy atom. The van der Waals surface area contributed by atoms with Gasteiger partial charge in [0.15, 0.2) is 29.0 Å². The quantitative estimate of drug-likeness (QED) is 0.215. The molecule has 12 heteroatoms. The number of phenolic OH excluding ortho intramolecular Hbond substituents is 3. The number of anilines is 1. The molecule has 0 aliphatic rings. The molecule has 0 spiro atoms. The molecule has 0 saturated carbocycles. The monoisotopic (exact) mass is 405 g/mol. The third kappa shape index (κ3) is 3.91. The van der Waals surface area contributed by atoms with E-state index < -0.39 is 40.7 Å². The molecular formula is C16H11N3O8S. The number of rotatable bonds is 5. The number of nitro groups is 1. The van der Waals surface area contributed by atoms with Gasteiger partial charge in [0.25, 0.3) is 11.6 Å². The van der Waals surface area contributed by atoms with E-state index in [-0.39, 0.29) is 16.4 Å². The highest BCUT2D eigenvalue weighted by molar-refractivity contribution is 7.22. The zero-order valence-electron chi connectivity index (χ0n) is 13.8. The third-order valence-corrected chi connectivity index (χ3v) is 4.40. The van der Waals surface area contributed by atoms with Crippen LogP contribution in [0, 0.1) is 10.1 Å². The fourth-order valence-electron chi connectivity index (χ4n) is 2.17. The van der Waals surface area contributed by atoms with E-state index >= 15 is 0 Å². The lowest BCUT2D eigenvalue weighted by molar-refractivity contribution is -0.384. The first-order chi connectivity index (χ1) is 13.2. The summed E-state index contributed by atoms with van der Waals surface area (Å²) in [6.07, 6.45) is 0. The number of aromatic nitrogens is 1. The molecule has 2 aromatic carbocycles. The molecule has 1 aromatic heterocycles. The van der Waals surface area contributed by atoms with Crippen molar-refractivity contribution < 1.29 is 34.6 Å². The van der Waals surface area contributed by atoms with Gasteiger partial charge in [-0.25, -0.2) is 9.78 Å². The molecule has 0 radical (unpaired) electrons. The number of hydrogen-bond acceptors (Lipinski definition) is 10. The summed E-state index contributed by atoms with van der Waals surface area (Å²) < 4.78 is 5.27. The SMILES string of the molecule is O=C(COC(=O)c1cc(O)c(O)c(O)c1)Nc1nc2ccc([N+](=O)[O-])cc2s1. The van der Waals surface area contributed by atoms with Crippen LogP contribution in [0.25, 0.3) is 10.2 Å². The number of benzene rings is 2. The first kappa shape index (κ1) is 18.8. The molecule has 0 fully saturated rings. The van der Waals surface area contributed by atoms with Gasteiger partial charge in [-0.05, 0) is 18.2 Å². The number of amides is 1. The van der Waals surface area contributed by atoms with Gasteiger partial charge in [0.1, 0.15) is 0 Å². The largest absolute Gasteiger partial charge is 0.504 e. The van der Waals surface area contributed by atoms with Crippen LogP contribution < -0.4 is 5.32 Å². The summed E-state index contributed by atoms with van der Waals surface area (Å²) in [5, 5.41) is 41.3. The van der Waals surface area contributed by atoms with Gasteiger partial charge in [-0.15, -0.1) is 0 Å². The van der Waals surface area contributed by atoms with Gasteiger partial charge < -0.3 is 20.1 Å². The zero-order chi connectivity index (χ0) is 20.4. The van der Waals surface area contributed by atoms with Crippen LogP contribution >= 0.6 is 11.3 Å². The van der Waals surface area contributed by atoms with Crippen LogP contribution in [0.1, 0.15) is 10.4 Å². The normalized spacial score (nSPS) is 10.6. The number of non-ortho nitro benzene ring substituents is 1. The summed E-state index contributed by atoms with van der Waals surface area (Å²) in [6, 6.07) is 5.80. The van der Waals surface area contributed by atoms with Crippen molar-refractivity contribution in [2.75, 3.05) is 11.9 Å². The Morgan fingerprint density at radius 1 is 1.18 bits per heavy atom. The number of phenols is 3. The summed E-state index contributed by atoms with van der Waals surface area (Å²) >= 11 is 1.01. The first-order valence-electron chi connectivity index (χ1n) is 7.51. The predicted molar refractivity (Wildman–Crippen MR) is 96.6 cm³/mol. The van der Waals surface area contributed by atoms with Crippen LogP contribution in [0.3, 0.4) is 0 Å². The van der Waals surface area contributed by atoms with Gasteiger partial charge in [-0.1, -0.05) is 11.3 Å². The zero-order valence-corrected chi connectivity index (χ0v) is 14.6. The molecule has 0 aliphatic heterocycles. The number of thiazole rings is 1. The van der Waals surface area contributed by atoms with E-state index in [2.05, 4.69) is 10.3 Å². The minimum atomic E-state index is -1.01. The highest BCUT2D eigenvalue weighted by Gasteiger charge is 2.17. The molecule has 144 valence electrons. The molecule has 3 aromatic rings. The standard InChI is InChI=1S/C16H11N3O8S/c20-10-3-7(4-11(21)14(10)23)15(24)27-6-13(22)18-16-17-9-2-1-8(19(25)26)5-12(9)28-16/h1-5,20-21,23H,6H2,(H,17,18,22). The number of esters is 1. The Balaban J connectivity index is 1.63. The Labute approximate surface area is 159 Å². The highest BCUT2D eigenvalue weighted by Crippen LogP contribution is 2.35. The van der Waals surface area contributed by atoms with Crippen molar-refractivity contribution >= 4 is 44.2 Å². The number of hydrogen-bond donors (Lipinski definition) is 4.